The largest absolute Gasteiger partial charge is 0.497 e. The van der Waals surface area contributed by atoms with Crippen LogP contribution in [-0.4, -0.2) is 86.6 Å². The molecule has 2 aliphatic heterocycles. The van der Waals surface area contributed by atoms with Gasteiger partial charge >= 0.3 is 12.1 Å². The maximum absolute atomic E-state index is 11.9. The Bertz CT molecular complexity index is 766. The van der Waals surface area contributed by atoms with Crippen molar-refractivity contribution in [2.45, 2.75) is 37.8 Å². The van der Waals surface area contributed by atoms with Gasteiger partial charge in [0.25, 0.3) is 0 Å². The first kappa shape index (κ1) is 25.7. The molecule has 2 aliphatic rings. The summed E-state index contributed by atoms with van der Waals surface area (Å²) in [5.41, 5.74) is 1.18. The molecule has 3 rings (SSSR count). The van der Waals surface area contributed by atoms with Crippen molar-refractivity contribution in [3.63, 3.8) is 0 Å². The third kappa shape index (κ3) is 7.27. The van der Waals surface area contributed by atoms with Crippen molar-refractivity contribution in [1.82, 2.24) is 9.80 Å². The molecule has 2 saturated heterocycles. The predicted octanol–water partition coefficient (Wildman–Crippen LogP) is 2.40. The Kier molecular flexibility index (Phi) is 8.73. The monoisotopic (exact) mass is 462 g/mol. The topological polar surface area (TPSA) is 88.5 Å². The highest BCUT2D eigenvalue weighted by Gasteiger charge is 2.42. The molecule has 0 saturated carbocycles. The van der Waals surface area contributed by atoms with Crippen molar-refractivity contribution >= 4 is 11.9 Å². The van der Waals surface area contributed by atoms with Crippen LogP contribution in [0, 0.1) is 5.92 Å². The van der Waals surface area contributed by atoms with Gasteiger partial charge in [-0.2, -0.15) is 13.2 Å². The first-order valence-electron chi connectivity index (χ1n) is 10.0. The van der Waals surface area contributed by atoms with Crippen LogP contribution in [0.5, 0.6) is 11.5 Å². The van der Waals surface area contributed by atoms with E-state index in [0.717, 1.165) is 37.6 Å². The Morgan fingerprint density at radius 1 is 1.16 bits per heavy atom. The standard InChI is InChI=1S/C19H28N2O4.C2HF3O2/c1-20(2)19(22)9-17-7-14-11-21(12-18(14)25-17)10-13-5-15(23-3)8-16(6-13)24-4;3-2(4,5)1(6)7/h5-6,8,14,17-18H,7,9-12H2,1-4H3;(H,6,7)/t14-,17-,18+;/m0./s1. The summed E-state index contributed by atoms with van der Waals surface area (Å²) in [5, 5.41) is 7.12. The molecule has 2 fully saturated rings. The summed E-state index contributed by atoms with van der Waals surface area (Å²) < 4.78 is 48.6. The zero-order chi connectivity index (χ0) is 24.1. The lowest BCUT2D eigenvalue weighted by Gasteiger charge is -2.20. The third-order valence-electron chi connectivity index (χ3n) is 5.35. The average Bonchev–Trinajstić information content (AvgIpc) is 3.24. The molecular weight excluding hydrogens is 433 g/mol. The minimum Gasteiger partial charge on any atom is -0.497 e. The normalized spacial score (nSPS) is 22.5. The fourth-order valence-corrected chi connectivity index (χ4v) is 3.80. The van der Waals surface area contributed by atoms with E-state index in [9.17, 15) is 18.0 Å². The van der Waals surface area contributed by atoms with Gasteiger partial charge in [-0.05, 0) is 24.1 Å². The van der Waals surface area contributed by atoms with Crippen LogP contribution in [-0.2, 0) is 20.9 Å². The molecule has 3 atom stereocenters. The number of rotatable bonds is 6. The molecule has 0 aromatic heterocycles. The molecule has 0 unspecified atom stereocenters. The van der Waals surface area contributed by atoms with Gasteiger partial charge in [-0.25, -0.2) is 4.79 Å². The van der Waals surface area contributed by atoms with Crippen LogP contribution < -0.4 is 9.47 Å². The number of hydrogen-bond acceptors (Lipinski definition) is 6. The van der Waals surface area contributed by atoms with Gasteiger partial charge < -0.3 is 24.2 Å². The average molecular weight is 462 g/mol. The van der Waals surface area contributed by atoms with E-state index in [2.05, 4.69) is 17.0 Å². The lowest BCUT2D eigenvalue weighted by atomic mass is 10.0. The minimum atomic E-state index is -5.08. The SMILES string of the molecule is COc1cc(CN2C[C@@H]3C[C@@H](CC(=O)N(C)C)O[C@@H]3C2)cc(OC)c1.O=C(O)C(F)(F)F. The number of halogens is 3. The summed E-state index contributed by atoms with van der Waals surface area (Å²) in [5.74, 6) is -0.468. The summed E-state index contributed by atoms with van der Waals surface area (Å²) in [6, 6.07) is 5.99. The quantitative estimate of drug-likeness (QED) is 0.695. The number of methoxy groups -OCH3 is 2. The predicted molar refractivity (Wildman–Crippen MR) is 109 cm³/mol. The molecule has 0 bridgehead atoms. The van der Waals surface area contributed by atoms with Crippen LogP contribution in [0.4, 0.5) is 13.2 Å². The van der Waals surface area contributed by atoms with Gasteiger partial charge in [0.1, 0.15) is 11.5 Å². The van der Waals surface area contributed by atoms with Crippen molar-refractivity contribution < 1.29 is 42.1 Å². The Balaban J connectivity index is 0.000000451. The van der Waals surface area contributed by atoms with E-state index in [-0.39, 0.29) is 18.1 Å². The number of nitrogens with zero attached hydrogens (tertiary/aromatic N) is 2. The number of carbonyl (C=O) groups excluding carboxylic acids is 1. The number of amides is 1. The van der Waals surface area contributed by atoms with E-state index in [4.69, 9.17) is 24.1 Å². The zero-order valence-electron chi connectivity index (χ0n) is 18.5. The number of carboxylic acids is 1. The lowest BCUT2D eigenvalue weighted by molar-refractivity contribution is -0.192. The molecule has 1 aromatic rings. The number of aliphatic carboxylic acids is 1. The molecule has 1 aromatic carbocycles. The lowest BCUT2D eigenvalue weighted by Crippen LogP contribution is -2.29. The summed E-state index contributed by atoms with van der Waals surface area (Å²) >= 11 is 0. The number of carboxylic acid groups (broad SMARTS) is 1. The van der Waals surface area contributed by atoms with Crippen LogP contribution in [0.15, 0.2) is 18.2 Å². The van der Waals surface area contributed by atoms with Gasteiger partial charge in [0, 0.05) is 45.7 Å². The van der Waals surface area contributed by atoms with Crippen molar-refractivity contribution in [3.8, 4) is 11.5 Å². The Hall–Kier alpha value is -2.53. The van der Waals surface area contributed by atoms with Gasteiger partial charge in [0.05, 0.1) is 32.8 Å². The van der Waals surface area contributed by atoms with Gasteiger partial charge in [0.2, 0.25) is 5.91 Å². The van der Waals surface area contributed by atoms with Crippen molar-refractivity contribution in [1.29, 1.82) is 0 Å². The molecule has 0 spiro atoms. The van der Waals surface area contributed by atoms with E-state index in [1.807, 2.05) is 6.07 Å². The summed E-state index contributed by atoms with van der Waals surface area (Å²) in [4.78, 5) is 24.8. The third-order valence-corrected chi connectivity index (χ3v) is 5.35. The van der Waals surface area contributed by atoms with Gasteiger partial charge in [0.15, 0.2) is 0 Å². The molecular formula is C21H29F3N2O6. The molecule has 11 heteroatoms. The highest BCUT2D eigenvalue weighted by atomic mass is 19.4. The van der Waals surface area contributed by atoms with Gasteiger partial charge in [-0.15, -0.1) is 0 Å². The first-order chi connectivity index (χ1) is 14.9. The number of alkyl halides is 3. The number of fused-ring (bicyclic) bond motifs is 1. The molecule has 2 heterocycles. The fraction of sp³-hybridized carbons (Fsp3) is 0.619. The number of carbonyl (C=O) groups is 2. The number of benzene rings is 1. The van der Waals surface area contributed by atoms with Crippen LogP contribution in [0.25, 0.3) is 0 Å². The van der Waals surface area contributed by atoms with E-state index < -0.39 is 12.1 Å². The van der Waals surface area contributed by atoms with E-state index in [1.54, 1.807) is 33.2 Å². The van der Waals surface area contributed by atoms with Gasteiger partial charge in [-0.3, -0.25) is 9.69 Å². The Morgan fingerprint density at radius 2 is 1.72 bits per heavy atom. The highest BCUT2D eigenvalue weighted by Crippen LogP contribution is 2.35. The molecule has 32 heavy (non-hydrogen) atoms. The molecule has 180 valence electrons. The van der Waals surface area contributed by atoms with E-state index in [1.165, 1.54) is 5.56 Å². The first-order valence-corrected chi connectivity index (χ1v) is 10.0. The van der Waals surface area contributed by atoms with E-state index in [0.29, 0.717) is 12.3 Å². The van der Waals surface area contributed by atoms with Crippen LogP contribution in [0.2, 0.25) is 0 Å². The maximum Gasteiger partial charge on any atom is 0.490 e. The Morgan fingerprint density at radius 3 is 2.16 bits per heavy atom. The number of ether oxygens (including phenoxy) is 3. The van der Waals surface area contributed by atoms with Crippen molar-refractivity contribution in [2.24, 2.45) is 5.92 Å². The van der Waals surface area contributed by atoms with Gasteiger partial charge in [-0.1, -0.05) is 0 Å². The second-order valence-electron chi connectivity index (χ2n) is 8.00. The number of likely N-dealkylation sites (tertiary alicyclic amines) is 1. The molecule has 8 nitrogen and oxygen atoms in total. The summed E-state index contributed by atoms with van der Waals surface area (Å²) in [7, 11) is 6.92. The van der Waals surface area contributed by atoms with E-state index >= 15 is 0 Å². The van der Waals surface area contributed by atoms with Crippen LogP contribution in [0.3, 0.4) is 0 Å². The van der Waals surface area contributed by atoms with Crippen molar-refractivity contribution in [3.05, 3.63) is 23.8 Å². The number of hydrogen-bond donors (Lipinski definition) is 1. The smallest absolute Gasteiger partial charge is 0.490 e. The van der Waals surface area contributed by atoms with Crippen LogP contribution >= 0.6 is 0 Å². The molecule has 1 amide bonds. The molecule has 0 radical (unpaired) electrons. The fourth-order valence-electron chi connectivity index (χ4n) is 3.80. The highest BCUT2D eigenvalue weighted by molar-refractivity contribution is 5.76. The Labute approximate surface area is 184 Å². The molecule has 0 aliphatic carbocycles. The second kappa shape index (κ2) is 10.9. The summed E-state index contributed by atoms with van der Waals surface area (Å²) in [6.07, 6.45) is -3.30. The second-order valence-corrected chi connectivity index (χ2v) is 8.00. The maximum atomic E-state index is 11.9. The minimum absolute atomic E-state index is 0.0731. The van der Waals surface area contributed by atoms with Crippen LogP contribution in [0.1, 0.15) is 18.4 Å². The zero-order valence-corrected chi connectivity index (χ0v) is 18.5. The molecule has 1 N–H and O–H groups in total. The van der Waals surface area contributed by atoms with Crippen molar-refractivity contribution in [2.75, 3.05) is 41.4 Å². The summed E-state index contributed by atoms with van der Waals surface area (Å²) in [6.45, 7) is 2.78.